The predicted molar refractivity (Wildman–Crippen MR) is 126 cm³/mol. The Morgan fingerprint density at radius 1 is 1.33 bits per heavy atom. The molecule has 0 fully saturated rings. The van der Waals surface area contributed by atoms with Gasteiger partial charge in [-0.05, 0) is 59.5 Å². The number of nitrogen functional groups attached to an aromatic ring is 1. The molecule has 2 heterocycles. The van der Waals surface area contributed by atoms with E-state index in [2.05, 4.69) is 10.3 Å². The van der Waals surface area contributed by atoms with Crippen molar-refractivity contribution in [3.8, 4) is 5.75 Å². The van der Waals surface area contributed by atoms with Crippen LogP contribution in [0.4, 0.5) is 14.6 Å². The van der Waals surface area contributed by atoms with Crippen molar-refractivity contribution in [1.82, 2.24) is 10.3 Å². The number of hydrogen-bond donors (Lipinski definition) is 2. The fraction of sp³-hybridized carbons (Fsp3) is 0.200. The zero-order chi connectivity index (χ0) is 23.5. The number of allylic oxidation sites excluding steroid dienone is 6. The number of ether oxygens (including phenoxy) is 1. The number of carbonyl (C=O) groups is 1. The van der Waals surface area contributed by atoms with E-state index in [9.17, 15) is 13.6 Å². The molecule has 5 nitrogen and oxygen atoms in total. The Morgan fingerprint density at radius 3 is 2.91 bits per heavy atom. The first-order valence-corrected chi connectivity index (χ1v) is 10.8. The number of pyridine rings is 1. The molecule has 8 heteroatoms. The molecule has 1 amide bonds. The number of amides is 1. The van der Waals surface area contributed by atoms with Gasteiger partial charge in [-0.1, -0.05) is 23.8 Å². The Labute approximate surface area is 195 Å². The van der Waals surface area contributed by atoms with Crippen LogP contribution >= 0.6 is 11.6 Å². The summed E-state index contributed by atoms with van der Waals surface area (Å²) in [6.45, 7) is 1.81. The molecule has 170 valence electrons. The topological polar surface area (TPSA) is 77.2 Å². The van der Waals surface area contributed by atoms with Crippen LogP contribution < -0.4 is 15.8 Å². The van der Waals surface area contributed by atoms with E-state index in [1.54, 1.807) is 42.6 Å². The summed E-state index contributed by atoms with van der Waals surface area (Å²) in [5.74, 6) is -0.940. The van der Waals surface area contributed by atoms with Gasteiger partial charge in [0.05, 0.1) is 11.6 Å². The van der Waals surface area contributed by atoms with Crippen LogP contribution in [0.5, 0.6) is 5.75 Å². The monoisotopic (exact) mass is 469 g/mol. The van der Waals surface area contributed by atoms with Gasteiger partial charge in [-0.2, -0.15) is 0 Å². The quantitative estimate of drug-likeness (QED) is 0.580. The molecular formula is C25H22ClF2N3O2. The van der Waals surface area contributed by atoms with Crippen molar-refractivity contribution in [2.24, 2.45) is 0 Å². The summed E-state index contributed by atoms with van der Waals surface area (Å²) in [5.41, 5.74) is 8.74. The molecular weight excluding hydrogens is 448 g/mol. The first-order chi connectivity index (χ1) is 15.8. The fourth-order valence-electron chi connectivity index (χ4n) is 3.66. The van der Waals surface area contributed by atoms with Gasteiger partial charge in [-0.15, -0.1) is 0 Å². The predicted octanol–water partition coefficient (Wildman–Crippen LogP) is 5.33. The number of halogens is 3. The molecule has 1 atom stereocenters. The summed E-state index contributed by atoms with van der Waals surface area (Å²) in [4.78, 5) is 16.1. The van der Waals surface area contributed by atoms with Crippen molar-refractivity contribution in [1.29, 1.82) is 0 Å². The van der Waals surface area contributed by atoms with Crippen LogP contribution in [0.1, 0.15) is 30.0 Å². The van der Waals surface area contributed by atoms with E-state index in [0.29, 0.717) is 34.1 Å². The van der Waals surface area contributed by atoms with Crippen molar-refractivity contribution in [3.05, 3.63) is 87.6 Å². The van der Waals surface area contributed by atoms with Gasteiger partial charge in [-0.25, -0.2) is 13.8 Å². The molecule has 4 rings (SSSR count). The first kappa shape index (κ1) is 22.7. The molecule has 2 aromatic rings. The van der Waals surface area contributed by atoms with E-state index >= 15 is 0 Å². The molecule has 33 heavy (non-hydrogen) atoms. The number of hydrogen-bond acceptors (Lipinski definition) is 4. The highest BCUT2D eigenvalue weighted by atomic mass is 35.5. The van der Waals surface area contributed by atoms with Gasteiger partial charge in [-0.3, -0.25) is 4.79 Å². The molecule has 1 aliphatic carbocycles. The number of nitrogens with two attached hydrogens (primary N) is 1. The summed E-state index contributed by atoms with van der Waals surface area (Å²) in [7, 11) is 0. The van der Waals surface area contributed by atoms with E-state index < -0.39 is 11.7 Å². The number of nitrogens with one attached hydrogen (secondary N) is 1. The molecule has 3 N–H and O–H groups in total. The highest BCUT2D eigenvalue weighted by molar-refractivity contribution is 6.32. The maximum absolute atomic E-state index is 14.1. The van der Waals surface area contributed by atoms with Crippen LogP contribution in [-0.4, -0.2) is 23.5 Å². The lowest BCUT2D eigenvalue weighted by Crippen LogP contribution is -2.33. The van der Waals surface area contributed by atoms with Crippen LogP contribution in [0.25, 0.3) is 11.6 Å². The molecule has 0 radical (unpaired) electrons. The largest absolute Gasteiger partial charge is 0.486 e. The fourth-order valence-corrected chi connectivity index (χ4v) is 3.95. The number of carbonyl (C=O) groups excluding carboxylic acids is 1. The van der Waals surface area contributed by atoms with Gasteiger partial charge >= 0.3 is 0 Å². The second-order valence-corrected chi connectivity index (χ2v) is 8.33. The number of fused-ring (bicyclic) bond motifs is 1. The maximum atomic E-state index is 14.1. The van der Waals surface area contributed by atoms with E-state index in [0.717, 1.165) is 11.1 Å². The van der Waals surface area contributed by atoms with E-state index in [1.807, 2.05) is 6.07 Å². The van der Waals surface area contributed by atoms with Crippen molar-refractivity contribution < 1.29 is 18.3 Å². The first-order valence-electron chi connectivity index (χ1n) is 10.4. The summed E-state index contributed by atoms with van der Waals surface area (Å²) >= 11 is 6.42. The molecule has 0 spiro atoms. The summed E-state index contributed by atoms with van der Waals surface area (Å²) in [6, 6.07) is 6.99. The molecule has 0 bridgehead atoms. The Balaban J connectivity index is 1.40. The molecule has 0 saturated heterocycles. The minimum Gasteiger partial charge on any atom is -0.486 e. The van der Waals surface area contributed by atoms with Crippen LogP contribution in [-0.2, 0) is 11.2 Å². The average molecular weight is 470 g/mol. The number of nitrogens with zero attached hydrogens (tertiary/aromatic N) is 1. The molecule has 1 unspecified atom stereocenters. The molecule has 1 aromatic carbocycles. The Kier molecular flexibility index (Phi) is 6.60. The second kappa shape index (κ2) is 9.58. The van der Waals surface area contributed by atoms with Gasteiger partial charge in [0.25, 0.3) is 0 Å². The van der Waals surface area contributed by atoms with Crippen LogP contribution in [0.2, 0.25) is 5.02 Å². The Hall–Kier alpha value is -3.45. The highest BCUT2D eigenvalue weighted by Gasteiger charge is 2.27. The van der Waals surface area contributed by atoms with Crippen molar-refractivity contribution in [2.45, 2.75) is 25.9 Å². The van der Waals surface area contributed by atoms with Crippen LogP contribution in [0.15, 0.2) is 65.9 Å². The van der Waals surface area contributed by atoms with Gasteiger partial charge in [0.2, 0.25) is 5.91 Å². The number of benzene rings is 1. The minimum absolute atomic E-state index is 0.148. The molecule has 1 aromatic heterocycles. The zero-order valence-corrected chi connectivity index (χ0v) is 18.6. The lowest BCUT2D eigenvalue weighted by molar-refractivity contribution is -0.116. The Morgan fingerprint density at radius 2 is 2.15 bits per heavy atom. The van der Waals surface area contributed by atoms with Crippen molar-refractivity contribution in [3.63, 3.8) is 0 Å². The average Bonchev–Trinajstić information content (AvgIpc) is 3.17. The van der Waals surface area contributed by atoms with Gasteiger partial charge < -0.3 is 15.8 Å². The van der Waals surface area contributed by atoms with E-state index in [1.165, 1.54) is 13.0 Å². The second-order valence-electron chi connectivity index (χ2n) is 7.92. The smallest absolute Gasteiger partial charge is 0.244 e. The van der Waals surface area contributed by atoms with Crippen LogP contribution in [0.3, 0.4) is 0 Å². The normalized spacial score (nSPS) is 17.9. The molecule has 0 saturated carbocycles. The summed E-state index contributed by atoms with van der Waals surface area (Å²) < 4.78 is 33.9. The number of rotatable bonds is 5. The highest BCUT2D eigenvalue weighted by Crippen LogP contribution is 2.40. The lowest BCUT2D eigenvalue weighted by atomic mass is 9.98. The third kappa shape index (κ3) is 5.31. The number of anilines is 1. The van der Waals surface area contributed by atoms with Gasteiger partial charge in [0.1, 0.15) is 23.5 Å². The SMILES string of the molecule is CC1=CC=C(c2cc(Cl)c3c(c2)CC(CNC(=O)/C=C/c2ccc(N)nc2)O3)CC(F)=C1F. The molecule has 2 aliphatic rings. The molecule has 1 aliphatic heterocycles. The minimum atomic E-state index is -0.825. The van der Waals surface area contributed by atoms with E-state index in [4.69, 9.17) is 22.1 Å². The maximum Gasteiger partial charge on any atom is 0.244 e. The van der Waals surface area contributed by atoms with Crippen LogP contribution in [0, 0.1) is 0 Å². The summed E-state index contributed by atoms with van der Waals surface area (Å²) in [6.07, 6.45) is 7.98. The lowest BCUT2D eigenvalue weighted by Gasteiger charge is -2.12. The number of aromatic nitrogens is 1. The Bertz CT molecular complexity index is 1210. The van der Waals surface area contributed by atoms with Crippen molar-refractivity contribution >= 4 is 35.0 Å². The van der Waals surface area contributed by atoms with E-state index in [-0.39, 0.29) is 30.5 Å². The zero-order valence-electron chi connectivity index (χ0n) is 17.9. The summed E-state index contributed by atoms with van der Waals surface area (Å²) in [5, 5.41) is 3.20. The standard InChI is InChI=1S/C25H22ClF2N3O2/c1-14-2-5-16(11-21(27)24(14)28)17-8-18-9-19(33-25(18)20(26)10-17)13-31-23(32)7-4-15-3-6-22(29)30-12-15/h2-8,10,12,19H,9,11,13H2,1H3,(H2,29,30)(H,31,32)/b7-4+. The van der Waals surface area contributed by atoms with Gasteiger partial charge in [0, 0.05) is 30.7 Å². The third-order valence-corrected chi connectivity index (χ3v) is 5.71. The third-order valence-electron chi connectivity index (χ3n) is 5.43. The van der Waals surface area contributed by atoms with Crippen molar-refractivity contribution in [2.75, 3.05) is 12.3 Å². The van der Waals surface area contributed by atoms with Gasteiger partial charge in [0.15, 0.2) is 5.83 Å².